The van der Waals surface area contributed by atoms with Crippen LogP contribution in [0.3, 0.4) is 0 Å². The number of likely N-dealkylation sites (N-methyl/N-ethyl adjacent to an activating group) is 1. The Morgan fingerprint density at radius 1 is 1.26 bits per heavy atom. The van der Waals surface area contributed by atoms with Crippen molar-refractivity contribution in [2.75, 3.05) is 37.3 Å². The SMILES string of the molecule is CC1CN(c2cc(N)nc(C(C)(C)C)n2)CCN1C. The highest BCUT2D eigenvalue weighted by atomic mass is 15.3. The van der Waals surface area contributed by atoms with Gasteiger partial charge in [-0.1, -0.05) is 20.8 Å². The van der Waals surface area contributed by atoms with E-state index >= 15 is 0 Å². The number of piperazine rings is 1. The molecular weight excluding hydrogens is 238 g/mol. The van der Waals surface area contributed by atoms with Gasteiger partial charge in [0, 0.05) is 37.2 Å². The van der Waals surface area contributed by atoms with E-state index < -0.39 is 0 Å². The molecular formula is C14H25N5. The molecule has 1 unspecified atom stereocenters. The number of anilines is 2. The largest absolute Gasteiger partial charge is 0.384 e. The monoisotopic (exact) mass is 263 g/mol. The van der Waals surface area contributed by atoms with Gasteiger partial charge in [-0.2, -0.15) is 0 Å². The summed E-state index contributed by atoms with van der Waals surface area (Å²) < 4.78 is 0. The minimum absolute atomic E-state index is 0.0810. The predicted molar refractivity (Wildman–Crippen MR) is 79.4 cm³/mol. The van der Waals surface area contributed by atoms with Gasteiger partial charge in [0.1, 0.15) is 17.5 Å². The van der Waals surface area contributed by atoms with Crippen LogP contribution >= 0.6 is 0 Å². The highest BCUT2D eigenvalue weighted by molar-refractivity contribution is 5.48. The standard InChI is InChI=1S/C14H25N5/c1-10-9-19(7-6-18(10)5)12-8-11(15)16-13(17-12)14(2,3)4/h8,10H,6-7,9H2,1-5H3,(H2,15,16,17). The molecule has 1 fully saturated rings. The fourth-order valence-corrected chi connectivity index (χ4v) is 2.21. The molecule has 0 radical (unpaired) electrons. The summed E-state index contributed by atoms with van der Waals surface area (Å²) in [5, 5.41) is 0. The minimum Gasteiger partial charge on any atom is -0.384 e. The molecule has 0 aliphatic carbocycles. The minimum atomic E-state index is -0.0810. The summed E-state index contributed by atoms with van der Waals surface area (Å²) in [7, 11) is 2.16. The van der Waals surface area contributed by atoms with E-state index in [9.17, 15) is 0 Å². The summed E-state index contributed by atoms with van der Waals surface area (Å²) in [6, 6.07) is 2.41. The van der Waals surface area contributed by atoms with Crippen LogP contribution in [0, 0.1) is 0 Å². The molecule has 0 saturated carbocycles. The van der Waals surface area contributed by atoms with Gasteiger partial charge in [0.25, 0.3) is 0 Å². The number of hydrogen-bond acceptors (Lipinski definition) is 5. The number of hydrogen-bond donors (Lipinski definition) is 1. The van der Waals surface area contributed by atoms with Crippen LogP contribution in [0.5, 0.6) is 0 Å². The van der Waals surface area contributed by atoms with Crippen molar-refractivity contribution in [3.05, 3.63) is 11.9 Å². The molecule has 0 spiro atoms. The third-order valence-corrected chi connectivity index (χ3v) is 3.69. The third-order valence-electron chi connectivity index (χ3n) is 3.69. The van der Waals surface area contributed by atoms with Crippen LogP contribution < -0.4 is 10.6 Å². The number of rotatable bonds is 1. The van der Waals surface area contributed by atoms with Gasteiger partial charge in [0.15, 0.2) is 0 Å². The zero-order chi connectivity index (χ0) is 14.2. The zero-order valence-corrected chi connectivity index (χ0v) is 12.6. The molecule has 1 aromatic heterocycles. The Kier molecular flexibility index (Phi) is 3.67. The van der Waals surface area contributed by atoms with Gasteiger partial charge in [-0.05, 0) is 14.0 Å². The third kappa shape index (κ3) is 3.15. The van der Waals surface area contributed by atoms with Crippen molar-refractivity contribution in [1.82, 2.24) is 14.9 Å². The topological polar surface area (TPSA) is 58.3 Å². The van der Waals surface area contributed by atoms with Crippen molar-refractivity contribution < 1.29 is 0 Å². The summed E-state index contributed by atoms with van der Waals surface area (Å²) in [4.78, 5) is 13.7. The van der Waals surface area contributed by atoms with Gasteiger partial charge in [-0.25, -0.2) is 9.97 Å². The average Bonchev–Trinajstić information content (AvgIpc) is 2.31. The second-order valence-corrected chi connectivity index (χ2v) is 6.50. The fraction of sp³-hybridized carbons (Fsp3) is 0.714. The first-order valence-corrected chi connectivity index (χ1v) is 6.87. The maximum absolute atomic E-state index is 5.94. The van der Waals surface area contributed by atoms with Gasteiger partial charge >= 0.3 is 0 Å². The molecule has 19 heavy (non-hydrogen) atoms. The summed E-state index contributed by atoms with van der Waals surface area (Å²) in [6.07, 6.45) is 0. The molecule has 5 nitrogen and oxygen atoms in total. The second-order valence-electron chi connectivity index (χ2n) is 6.50. The van der Waals surface area contributed by atoms with Crippen LogP contribution in [0.1, 0.15) is 33.5 Å². The molecule has 0 bridgehead atoms. The Balaban J connectivity index is 2.28. The summed E-state index contributed by atoms with van der Waals surface area (Å²) >= 11 is 0. The van der Waals surface area contributed by atoms with Crippen molar-refractivity contribution in [2.45, 2.75) is 39.2 Å². The summed E-state index contributed by atoms with van der Waals surface area (Å²) in [5.74, 6) is 2.33. The van der Waals surface area contributed by atoms with E-state index in [1.54, 1.807) is 0 Å². The van der Waals surface area contributed by atoms with E-state index in [0.717, 1.165) is 31.3 Å². The van der Waals surface area contributed by atoms with Crippen molar-refractivity contribution >= 4 is 11.6 Å². The lowest BCUT2D eigenvalue weighted by molar-refractivity contribution is 0.233. The lowest BCUT2D eigenvalue weighted by Crippen LogP contribution is -2.50. The van der Waals surface area contributed by atoms with Crippen molar-refractivity contribution in [3.63, 3.8) is 0 Å². The fourth-order valence-electron chi connectivity index (χ4n) is 2.21. The van der Waals surface area contributed by atoms with E-state index in [-0.39, 0.29) is 5.41 Å². The molecule has 0 amide bonds. The number of nitrogens with two attached hydrogens (primary N) is 1. The summed E-state index contributed by atoms with van der Waals surface area (Å²) in [5.41, 5.74) is 5.86. The molecule has 106 valence electrons. The Labute approximate surface area is 115 Å². The van der Waals surface area contributed by atoms with Crippen LogP contribution in [0.4, 0.5) is 11.6 Å². The van der Waals surface area contributed by atoms with Gasteiger partial charge < -0.3 is 15.5 Å². The van der Waals surface area contributed by atoms with Crippen LogP contribution in [-0.4, -0.2) is 47.6 Å². The van der Waals surface area contributed by atoms with Gasteiger partial charge in [-0.3, -0.25) is 0 Å². The van der Waals surface area contributed by atoms with E-state index in [4.69, 9.17) is 10.7 Å². The van der Waals surface area contributed by atoms with Crippen LogP contribution in [0.15, 0.2) is 6.07 Å². The van der Waals surface area contributed by atoms with Crippen molar-refractivity contribution in [2.24, 2.45) is 0 Å². The molecule has 1 aliphatic rings. The highest BCUT2D eigenvalue weighted by Crippen LogP contribution is 2.24. The number of nitrogen functional groups attached to an aromatic ring is 1. The lowest BCUT2D eigenvalue weighted by atomic mass is 9.96. The molecule has 1 atom stereocenters. The van der Waals surface area contributed by atoms with Gasteiger partial charge in [0.2, 0.25) is 0 Å². The maximum atomic E-state index is 5.94. The molecule has 5 heteroatoms. The van der Waals surface area contributed by atoms with Crippen LogP contribution in [0.25, 0.3) is 0 Å². The van der Waals surface area contributed by atoms with E-state index in [0.29, 0.717) is 11.9 Å². The molecule has 1 saturated heterocycles. The second kappa shape index (κ2) is 4.96. The normalized spacial score (nSPS) is 21.7. The first-order valence-electron chi connectivity index (χ1n) is 6.87. The molecule has 2 rings (SSSR count). The Hall–Kier alpha value is -1.36. The summed E-state index contributed by atoms with van der Waals surface area (Å²) in [6.45, 7) is 11.6. The molecule has 0 aromatic carbocycles. The molecule has 1 aliphatic heterocycles. The Morgan fingerprint density at radius 3 is 2.53 bits per heavy atom. The quantitative estimate of drug-likeness (QED) is 0.832. The maximum Gasteiger partial charge on any atom is 0.138 e. The van der Waals surface area contributed by atoms with E-state index in [2.05, 4.69) is 49.5 Å². The lowest BCUT2D eigenvalue weighted by Gasteiger charge is -2.38. The Morgan fingerprint density at radius 2 is 1.95 bits per heavy atom. The first-order chi connectivity index (χ1) is 8.77. The predicted octanol–water partition coefficient (Wildman–Crippen LogP) is 1.50. The average molecular weight is 263 g/mol. The van der Waals surface area contributed by atoms with Crippen LogP contribution in [0.2, 0.25) is 0 Å². The van der Waals surface area contributed by atoms with E-state index in [1.165, 1.54) is 0 Å². The van der Waals surface area contributed by atoms with Crippen molar-refractivity contribution in [3.8, 4) is 0 Å². The molecule has 2 heterocycles. The van der Waals surface area contributed by atoms with Crippen molar-refractivity contribution in [1.29, 1.82) is 0 Å². The van der Waals surface area contributed by atoms with Gasteiger partial charge in [-0.15, -0.1) is 0 Å². The molecule has 2 N–H and O–H groups in total. The smallest absolute Gasteiger partial charge is 0.138 e. The number of nitrogens with zero attached hydrogens (tertiary/aromatic N) is 4. The molecule has 1 aromatic rings. The van der Waals surface area contributed by atoms with Gasteiger partial charge in [0.05, 0.1) is 0 Å². The first kappa shape index (κ1) is 14.1. The Bertz CT molecular complexity index is 452. The highest BCUT2D eigenvalue weighted by Gasteiger charge is 2.24. The van der Waals surface area contributed by atoms with E-state index in [1.807, 2.05) is 6.07 Å². The zero-order valence-electron chi connectivity index (χ0n) is 12.6. The number of aromatic nitrogens is 2. The van der Waals surface area contributed by atoms with Crippen LogP contribution in [-0.2, 0) is 5.41 Å².